The summed E-state index contributed by atoms with van der Waals surface area (Å²) in [7, 11) is 0. The number of esters is 1. The Balaban J connectivity index is 2.58. The highest BCUT2D eigenvalue weighted by atomic mass is 32.1. The third-order valence-electron chi connectivity index (χ3n) is 2.68. The first kappa shape index (κ1) is 12.7. The lowest BCUT2D eigenvalue weighted by atomic mass is 9.96. The number of hydrogen-bond acceptors (Lipinski definition) is 5. The maximum Gasteiger partial charge on any atom is 0.348 e. The van der Waals surface area contributed by atoms with Crippen LogP contribution in [0.3, 0.4) is 0 Å². The molecule has 1 aromatic heterocycles. The van der Waals surface area contributed by atoms with Crippen molar-refractivity contribution in [2.75, 3.05) is 6.61 Å². The summed E-state index contributed by atoms with van der Waals surface area (Å²) in [5.41, 5.74) is 0.995. The number of thiophene rings is 1. The van der Waals surface area contributed by atoms with Gasteiger partial charge in [-0.2, -0.15) is 0 Å². The monoisotopic (exact) mass is 264 g/mol. The lowest BCUT2D eigenvalue weighted by molar-refractivity contribution is 0.0531. The normalized spacial score (nSPS) is 13.7. The molecule has 0 N–H and O–H groups in total. The van der Waals surface area contributed by atoms with E-state index in [0.717, 1.165) is 11.3 Å². The molecule has 2 rings (SSSR count). The van der Waals surface area contributed by atoms with Crippen LogP contribution in [0.4, 0.5) is 0 Å². The van der Waals surface area contributed by atoms with Gasteiger partial charge in [0.25, 0.3) is 0 Å². The van der Waals surface area contributed by atoms with Gasteiger partial charge < -0.3 is 4.74 Å². The lowest BCUT2D eigenvalue weighted by Gasteiger charge is -2.05. The van der Waals surface area contributed by atoms with Crippen molar-refractivity contribution in [1.29, 1.82) is 0 Å². The molecule has 1 heterocycles. The number of allylic oxidation sites excluding steroid dienone is 2. The molecule has 0 atom stereocenters. The SMILES string of the molecule is CCOC(=O)c1sc2c(c1CC)C(=O)C=CC2=O. The van der Waals surface area contributed by atoms with Crippen molar-refractivity contribution in [2.24, 2.45) is 0 Å². The van der Waals surface area contributed by atoms with E-state index in [-0.39, 0.29) is 18.2 Å². The van der Waals surface area contributed by atoms with Gasteiger partial charge >= 0.3 is 5.97 Å². The minimum absolute atomic E-state index is 0.215. The highest BCUT2D eigenvalue weighted by Crippen LogP contribution is 2.33. The Labute approximate surface area is 108 Å². The third-order valence-corrected chi connectivity index (χ3v) is 3.90. The summed E-state index contributed by atoms with van der Waals surface area (Å²) < 4.78 is 4.95. The molecule has 5 heteroatoms. The molecule has 1 aliphatic rings. The Morgan fingerprint density at radius 1 is 1.22 bits per heavy atom. The highest BCUT2D eigenvalue weighted by molar-refractivity contribution is 7.16. The minimum atomic E-state index is -0.464. The molecule has 0 bridgehead atoms. The molecule has 0 spiro atoms. The summed E-state index contributed by atoms with van der Waals surface area (Å²) in [6, 6.07) is 0. The molecule has 0 radical (unpaired) electrons. The zero-order valence-electron chi connectivity index (χ0n) is 10.1. The summed E-state index contributed by atoms with van der Waals surface area (Å²) in [6.45, 7) is 3.83. The van der Waals surface area contributed by atoms with Gasteiger partial charge in [-0.15, -0.1) is 11.3 Å². The average molecular weight is 264 g/mol. The van der Waals surface area contributed by atoms with Crippen LogP contribution < -0.4 is 0 Å². The maximum atomic E-state index is 11.8. The third kappa shape index (κ3) is 1.90. The Kier molecular flexibility index (Phi) is 3.43. The van der Waals surface area contributed by atoms with Crippen LogP contribution in [0.1, 0.15) is 49.1 Å². The number of ether oxygens (including phenoxy) is 1. The quantitative estimate of drug-likeness (QED) is 0.787. The first-order valence-electron chi connectivity index (χ1n) is 5.69. The molecule has 0 unspecified atom stereocenters. The van der Waals surface area contributed by atoms with E-state index in [1.807, 2.05) is 6.92 Å². The van der Waals surface area contributed by atoms with Gasteiger partial charge in [0, 0.05) is 5.56 Å². The smallest absolute Gasteiger partial charge is 0.348 e. The lowest BCUT2D eigenvalue weighted by Crippen LogP contribution is -2.11. The fraction of sp³-hybridized carbons (Fsp3) is 0.308. The van der Waals surface area contributed by atoms with Crippen molar-refractivity contribution < 1.29 is 19.1 Å². The zero-order chi connectivity index (χ0) is 13.3. The second kappa shape index (κ2) is 4.86. The van der Waals surface area contributed by atoms with Gasteiger partial charge in [-0.25, -0.2) is 4.79 Å². The van der Waals surface area contributed by atoms with E-state index in [1.54, 1.807) is 6.92 Å². The van der Waals surface area contributed by atoms with Gasteiger partial charge in [0.15, 0.2) is 11.6 Å². The Hall–Kier alpha value is -1.75. The first-order chi connectivity index (χ1) is 8.60. The molecule has 0 amide bonds. The van der Waals surface area contributed by atoms with E-state index in [9.17, 15) is 14.4 Å². The maximum absolute atomic E-state index is 11.8. The van der Waals surface area contributed by atoms with Crippen molar-refractivity contribution in [2.45, 2.75) is 20.3 Å². The number of carbonyl (C=O) groups excluding carboxylic acids is 3. The summed E-state index contributed by atoms with van der Waals surface area (Å²) in [6.07, 6.45) is 3.02. The molecule has 0 fully saturated rings. The highest BCUT2D eigenvalue weighted by Gasteiger charge is 2.30. The fourth-order valence-electron chi connectivity index (χ4n) is 1.91. The molecule has 1 aliphatic carbocycles. The summed E-state index contributed by atoms with van der Waals surface area (Å²) in [5, 5.41) is 0. The minimum Gasteiger partial charge on any atom is -0.462 e. The van der Waals surface area contributed by atoms with Crippen LogP contribution >= 0.6 is 11.3 Å². The Morgan fingerprint density at radius 2 is 1.89 bits per heavy atom. The number of fused-ring (bicyclic) bond motifs is 1. The first-order valence-corrected chi connectivity index (χ1v) is 6.51. The molecule has 18 heavy (non-hydrogen) atoms. The average Bonchev–Trinajstić information content (AvgIpc) is 2.74. The van der Waals surface area contributed by atoms with Crippen molar-refractivity contribution in [1.82, 2.24) is 0 Å². The number of carbonyl (C=O) groups is 3. The van der Waals surface area contributed by atoms with E-state index in [1.165, 1.54) is 12.2 Å². The topological polar surface area (TPSA) is 60.4 Å². The largest absolute Gasteiger partial charge is 0.462 e. The Bertz CT molecular complexity index is 566. The van der Waals surface area contributed by atoms with E-state index in [0.29, 0.717) is 27.3 Å². The molecule has 4 nitrogen and oxygen atoms in total. The molecule has 94 valence electrons. The number of ketones is 2. The predicted molar refractivity (Wildman–Crippen MR) is 67.5 cm³/mol. The number of hydrogen-bond donors (Lipinski definition) is 0. The fourth-order valence-corrected chi connectivity index (χ4v) is 3.12. The molecular formula is C13H12O4S. The van der Waals surface area contributed by atoms with Gasteiger partial charge in [0.05, 0.1) is 11.5 Å². The molecule has 0 aromatic carbocycles. The van der Waals surface area contributed by atoms with Crippen LogP contribution in [0.15, 0.2) is 12.2 Å². The second-order valence-electron chi connectivity index (χ2n) is 3.75. The van der Waals surface area contributed by atoms with Gasteiger partial charge in [-0.3, -0.25) is 9.59 Å². The van der Waals surface area contributed by atoms with Gasteiger partial charge in [-0.1, -0.05) is 6.92 Å². The van der Waals surface area contributed by atoms with E-state index < -0.39 is 5.97 Å². The van der Waals surface area contributed by atoms with Gasteiger partial charge in [0.1, 0.15) is 4.88 Å². The molecular weight excluding hydrogens is 252 g/mol. The summed E-state index contributed by atoms with van der Waals surface area (Å²) >= 11 is 1.05. The van der Waals surface area contributed by atoms with Crippen molar-refractivity contribution in [3.8, 4) is 0 Å². The molecule has 1 aromatic rings. The number of rotatable bonds is 3. The van der Waals surface area contributed by atoms with Crippen molar-refractivity contribution >= 4 is 28.9 Å². The van der Waals surface area contributed by atoms with E-state index in [2.05, 4.69) is 0 Å². The van der Waals surface area contributed by atoms with Crippen LogP contribution in [0.2, 0.25) is 0 Å². The van der Waals surface area contributed by atoms with E-state index in [4.69, 9.17) is 4.74 Å². The zero-order valence-corrected chi connectivity index (χ0v) is 10.9. The molecule has 0 saturated carbocycles. The van der Waals surface area contributed by atoms with Crippen LogP contribution in [-0.4, -0.2) is 24.1 Å². The molecule has 0 saturated heterocycles. The van der Waals surface area contributed by atoms with Crippen LogP contribution in [0.25, 0.3) is 0 Å². The predicted octanol–water partition coefficient (Wildman–Crippen LogP) is 2.42. The molecule has 0 aliphatic heterocycles. The van der Waals surface area contributed by atoms with Crippen molar-refractivity contribution in [3.05, 3.63) is 33.0 Å². The van der Waals surface area contributed by atoms with Gasteiger partial charge in [0.2, 0.25) is 0 Å². The standard InChI is InChI=1S/C13H12O4S/c1-3-7-10-8(14)5-6-9(15)12(10)18-11(7)13(16)17-4-2/h5-6H,3-4H2,1-2H3. The summed E-state index contributed by atoms with van der Waals surface area (Å²) in [5.74, 6) is -0.901. The van der Waals surface area contributed by atoms with Crippen LogP contribution in [-0.2, 0) is 11.2 Å². The van der Waals surface area contributed by atoms with Crippen LogP contribution in [0, 0.1) is 0 Å². The second-order valence-corrected chi connectivity index (χ2v) is 4.77. The van der Waals surface area contributed by atoms with Gasteiger partial charge in [-0.05, 0) is 31.1 Å². The van der Waals surface area contributed by atoms with Crippen LogP contribution in [0.5, 0.6) is 0 Å². The Morgan fingerprint density at radius 3 is 2.50 bits per heavy atom. The summed E-state index contributed by atoms with van der Waals surface area (Å²) in [4.78, 5) is 36.1. The van der Waals surface area contributed by atoms with Crippen molar-refractivity contribution in [3.63, 3.8) is 0 Å². The van der Waals surface area contributed by atoms with E-state index >= 15 is 0 Å².